The van der Waals surface area contributed by atoms with Crippen LogP contribution in [0.1, 0.15) is 38.2 Å². The third-order valence-electron chi connectivity index (χ3n) is 2.83. The third-order valence-corrected chi connectivity index (χ3v) is 2.83. The second-order valence-electron chi connectivity index (χ2n) is 4.42. The van der Waals surface area contributed by atoms with Gasteiger partial charge in [0.2, 0.25) is 0 Å². The highest BCUT2D eigenvalue weighted by atomic mass is 16.5. The van der Waals surface area contributed by atoms with E-state index in [1.165, 1.54) is 19.3 Å². The molecule has 0 aromatic heterocycles. The van der Waals surface area contributed by atoms with Gasteiger partial charge in [0.15, 0.2) is 0 Å². The van der Waals surface area contributed by atoms with Crippen LogP contribution in [0.25, 0.3) is 0 Å². The summed E-state index contributed by atoms with van der Waals surface area (Å²) in [6.07, 6.45) is 4.89. The Kier molecular flexibility index (Phi) is 8.26. The molecule has 102 valence electrons. The standard InChI is InChI=1S/C15H25NO2/c1-2-3-4-7-12-18-15-9-6-5-8-14(15)13-16-10-11-17/h5-6,8-9,16-17H,2-4,7,10-13H2,1H3. The van der Waals surface area contributed by atoms with Crippen LogP contribution in [0.15, 0.2) is 24.3 Å². The van der Waals surface area contributed by atoms with Gasteiger partial charge in [-0.05, 0) is 12.5 Å². The van der Waals surface area contributed by atoms with E-state index in [4.69, 9.17) is 9.84 Å². The number of aliphatic hydroxyl groups excluding tert-OH is 1. The molecule has 0 unspecified atom stereocenters. The quantitative estimate of drug-likeness (QED) is 0.628. The summed E-state index contributed by atoms with van der Waals surface area (Å²) in [5.41, 5.74) is 1.15. The van der Waals surface area contributed by atoms with E-state index in [-0.39, 0.29) is 6.61 Å². The van der Waals surface area contributed by atoms with Crippen molar-refractivity contribution >= 4 is 0 Å². The van der Waals surface area contributed by atoms with Gasteiger partial charge < -0.3 is 15.2 Å². The fourth-order valence-corrected chi connectivity index (χ4v) is 1.80. The van der Waals surface area contributed by atoms with Crippen LogP contribution in [0.4, 0.5) is 0 Å². The number of aliphatic hydroxyl groups is 1. The zero-order valence-electron chi connectivity index (χ0n) is 11.3. The van der Waals surface area contributed by atoms with Gasteiger partial charge in [-0.1, -0.05) is 44.4 Å². The summed E-state index contributed by atoms with van der Waals surface area (Å²) in [6, 6.07) is 8.08. The predicted molar refractivity (Wildman–Crippen MR) is 74.9 cm³/mol. The van der Waals surface area contributed by atoms with Crippen LogP contribution in [0.3, 0.4) is 0 Å². The summed E-state index contributed by atoms with van der Waals surface area (Å²) in [6.45, 7) is 4.52. The van der Waals surface area contributed by atoms with Crippen molar-refractivity contribution < 1.29 is 9.84 Å². The lowest BCUT2D eigenvalue weighted by molar-refractivity contribution is 0.288. The van der Waals surface area contributed by atoms with E-state index in [0.717, 1.165) is 30.9 Å². The van der Waals surface area contributed by atoms with Gasteiger partial charge in [0, 0.05) is 18.7 Å². The second-order valence-corrected chi connectivity index (χ2v) is 4.42. The molecule has 1 rings (SSSR count). The summed E-state index contributed by atoms with van der Waals surface area (Å²) < 4.78 is 5.81. The molecule has 0 spiro atoms. The molecule has 0 saturated heterocycles. The molecule has 0 atom stereocenters. The molecular formula is C15H25NO2. The topological polar surface area (TPSA) is 41.5 Å². The highest BCUT2D eigenvalue weighted by Gasteiger charge is 2.02. The second kappa shape index (κ2) is 9.92. The van der Waals surface area contributed by atoms with Crippen molar-refractivity contribution in [1.82, 2.24) is 5.32 Å². The van der Waals surface area contributed by atoms with Crippen molar-refractivity contribution in [2.24, 2.45) is 0 Å². The van der Waals surface area contributed by atoms with Gasteiger partial charge in [0.1, 0.15) is 5.75 Å². The van der Waals surface area contributed by atoms with Gasteiger partial charge in [0.25, 0.3) is 0 Å². The number of para-hydroxylation sites is 1. The maximum atomic E-state index is 8.74. The Morgan fingerprint density at radius 2 is 2.00 bits per heavy atom. The minimum atomic E-state index is 0.167. The van der Waals surface area contributed by atoms with Crippen LogP contribution >= 0.6 is 0 Å². The molecule has 1 aromatic rings. The van der Waals surface area contributed by atoms with Crippen LogP contribution in [-0.2, 0) is 6.54 Å². The summed E-state index contributed by atoms with van der Waals surface area (Å²) in [7, 11) is 0. The van der Waals surface area contributed by atoms with Crippen LogP contribution in [0.5, 0.6) is 5.75 Å². The average molecular weight is 251 g/mol. The minimum absolute atomic E-state index is 0.167. The lowest BCUT2D eigenvalue weighted by Gasteiger charge is -2.11. The minimum Gasteiger partial charge on any atom is -0.493 e. The van der Waals surface area contributed by atoms with E-state index in [1.54, 1.807) is 0 Å². The van der Waals surface area contributed by atoms with Crippen molar-refractivity contribution in [2.45, 2.75) is 39.2 Å². The van der Waals surface area contributed by atoms with Crippen molar-refractivity contribution in [3.05, 3.63) is 29.8 Å². The van der Waals surface area contributed by atoms with Crippen molar-refractivity contribution in [3.63, 3.8) is 0 Å². The largest absolute Gasteiger partial charge is 0.493 e. The van der Waals surface area contributed by atoms with Crippen LogP contribution < -0.4 is 10.1 Å². The van der Waals surface area contributed by atoms with Crippen molar-refractivity contribution in [3.8, 4) is 5.75 Å². The molecule has 1 aromatic carbocycles. The first kappa shape index (κ1) is 15.0. The van der Waals surface area contributed by atoms with Crippen molar-refractivity contribution in [1.29, 1.82) is 0 Å². The molecule has 0 aliphatic rings. The number of hydrogen-bond donors (Lipinski definition) is 2. The Balaban J connectivity index is 2.33. The number of unbranched alkanes of at least 4 members (excludes halogenated alkanes) is 3. The van der Waals surface area contributed by atoms with Gasteiger partial charge in [-0.3, -0.25) is 0 Å². The summed E-state index contributed by atoms with van der Waals surface area (Å²) in [4.78, 5) is 0. The molecule has 0 aliphatic heterocycles. The Hall–Kier alpha value is -1.06. The number of ether oxygens (including phenoxy) is 1. The predicted octanol–water partition coefficient (Wildman–Crippen LogP) is 2.73. The first-order chi connectivity index (χ1) is 8.88. The van der Waals surface area contributed by atoms with E-state index >= 15 is 0 Å². The maximum Gasteiger partial charge on any atom is 0.123 e. The van der Waals surface area contributed by atoms with Crippen molar-refractivity contribution in [2.75, 3.05) is 19.8 Å². The molecule has 18 heavy (non-hydrogen) atoms. The molecule has 0 heterocycles. The van der Waals surface area contributed by atoms with E-state index in [9.17, 15) is 0 Å². The Labute approximate surface area is 110 Å². The molecule has 0 bridgehead atoms. The summed E-state index contributed by atoms with van der Waals surface area (Å²) in [5, 5.41) is 11.9. The normalized spacial score (nSPS) is 10.6. The first-order valence-electron chi connectivity index (χ1n) is 6.90. The summed E-state index contributed by atoms with van der Waals surface area (Å²) in [5.74, 6) is 0.958. The molecule has 0 saturated carbocycles. The number of nitrogens with one attached hydrogen (secondary N) is 1. The monoisotopic (exact) mass is 251 g/mol. The van der Waals surface area contributed by atoms with Gasteiger partial charge in [0.05, 0.1) is 13.2 Å². The zero-order valence-corrected chi connectivity index (χ0v) is 11.3. The molecule has 0 aliphatic carbocycles. The van der Waals surface area contributed by atoms with Crippen LogP contribution in [-0.4, -0.2) is 24.9 Å². The van der Waals surface area contributed by atoms with Crippen LogP contribution in [0, 0.1) is 0 Å². The molecule has 0 amide bonds. The van der Waals surface area contributed by atoms with E-state index in [2.05, 4.69) is 18.3 Å². The molecule has 3 heteroatoms. The van der Waals surface area contributed by atoms with Gasteiger partial charge >= 0.3 is 0 Å². The lowest BCUT2D eigenvalue weighted by atomic mass is 10.2. The third kappa shape index (κ3) is 6.03. The van der Waals surface area contributed by atoms with E-state index in [1.807, 2.05) is 18.2 Å². The summed E-state index contributed by atoms with van der Waals surface area (Å²) >= 11 is 0. The number of rotatable bonds is 10. The lowest BCUT2D eigenvalue weighted by Crippen LogP contribution is -2.18. The molecule has 0 fully saturated rings. The molecular weight excluding hydrogens is 226 g/mol. The molecule has 3 nitrogen and oxygen atoms in total. The van der Waals surface area contributed by atoms with Crippen LogP contribution in [0.2, 0.25) is 0 Å². The molecule has 2 N–H and O–H groups in total. The number of benzene rings is 1. The highest BCUT2D eigenvalue weighted by molar-refractivity contribution is 5.33. The Morgan fingerprint density at radius 1 is 1.17 bits per heavy atom. The maximum absolute atomic E-state index is 8.74. The van der Waals surface area contributed by atoms with Gasteiger partial charge in [-0.2, -0.15) is 0 Å². The van der Waals surface area contributed by atoms with Gasteiger partial charge in [-0.15, -0.1) is 0 Å². The van der Waals surface area contributed by atoms with E-state index in [0.29, 0.717) is 6.54 Å². The average Bonchev–Trinajstić information content (AvgIpc) is 2.40. The SMILES string of the molecule is CCCCCCOc1ccccc1CNCCO. The zero-order chi connectivity index (χ0) is 13.1. The smallest absolute Gasteiger partial charge is 0.123 e. The fraction of sp³-hybridized carbons (Fsp3) is 0.600. The molecule has 0 radical (unpaired) electrons. The highest BCUT2D eigenvalue weighted by Crippen LogP contribution is 2.18. The first-order valence-corrected chi connectivity index (χ1v) is 6.90. The fourth-order valence-electron chi connectivity index (χ4n) is 1.80. The Morgan fingerprint density at radius 3 is 2.78 bits per heavy atom. The van der Waals surface area contributed by atoms with Gasteiger partial charge in [-0.25, -0.2) is 0 Å². The Bertz CT molecular complexity index is 315. The number of hydrogen-bond acceptors (Lipinski definition) is 3. The van der Waals surface area contributed by atoms with E-state index < -0.39 is 0 Å².